The van der Waals surface area contributed by atoms with Gasteiger partial charge < -0.3 is 10.2 Å². The topological polar surface area (TPSA) is 61.0 Å². The van der Waals surface area contributed by atoms with Gasteiger partial charge in [-0.1, -0.05) is 13.8 Å². The second-order valence-corrected chi connectivity index (χ2v) is 5.98. The summed E-state index contributed by atoms with van der Waals surface area (Å²) in [7, 11) is 0. The van der Waals surface area contributed by atoms with Gasteiger partial charge in [-0.2, -0.15) is 11.8 Å². The zero-order valence-electron chi connectivity index (χ0n) is 12.4. The van der Waals surface area contributed by atoms with Crippen LogP contribution >= 0.6 is 11.8 Å². The van der Waals surface area contributed by atoms with Gasteiger partial charge in [0.15, 0.2) is 0 Å². The van der Waals surface area contributed by atoms with Crippen molar-refractivity contribution in [3.63, 3.8) is 0 Å². The summed E-state index contributed by atoms with van der Waals surface area (Å²) in [5, 5.41) is 3.23. The highest BCUT2D eigenvalue weighted by atomic mass is 32.2. The first kappa shape index (κ1) is 15.4. The molecule has 0 saturated heterocycles. The number of thioether (sulfide) groups is 1. The van der Waals surface area contributed by atoms with Gasteiger partial charge in [0.25, 0.3) is 5.56 Å². The summed E-state index contributed by atoms with van der Waals surface area (Å²) in [4.78, 5) is 21.6. The van der Waals surface area contributed by atoms with Crippen molar-refractivity contribution in [3.8, 4) is 0 Å². The molecule has 2 heterocycles. The third-order valence-electron chi connectivity index (χ3n) is 3.67. The minimum atomic E-state index is 0.0191. The van der Waals surface area contributed by atoms with Gasteiger partial charge >= 0.3 is 0 Å². The number of hydrogen-bond donors (Lipinski definition) is 2. The number of fused-ring (bicyclic) bond motifs is 1. The number of hydrogen-bond acceptors (Lipinski definition) is 5. The molecule has 0 atom stereocenters. The lowest BCUT2D eigenvalue weighted by Crippen LogP contribution is -2.24. The van der Waals surface area contributed by atoms with E-state index in [1.807, 2.05) is 0 Å². The van der Waals surface area contributed by atoms with Crippen LogP contribution in [0.1, 0.15) is 37.9 Å². The van der Waals surface area contributed by atoms with E-state index in [1.165, 1.54) is 6.42 Å². The Bertz CT molecular complexity index is 485. The van der Waals surface area contributed by atoms with Crippen LogP contribution in [0.5, 0.6) is 0 Å². The van der Waals surface area contributed by atoms with Crippen LogP contribution < -0.4 is 10.9 Å². The van der Waals surface area contributed by atoms with E-state index in [-0.39, 0.29) is 5.56 Å². The van der Waals surface area contributed by atoms with Gasteiger partial charge in [0.05, 0.1) is 5.69 Å². The van der Waals surface area contributed by atoms with Crippen LogP contribution in [0.2, 0.25) is 0 Å². The first-order chi connectivity index (χ1) is 9.74. The number of aromatic amines is 1. The zero-order valence-corrected chi connectivity index (χ0v) is 13.2. The Morgan fingerprint density at radius 3 is 2.85 bits per heavy atom. The van der Waals surface area contributed by atoms with Crippen LogP contribution in [0.15, 0.2) is 4.79 Å². The number of aromatic nitrogens is 2. The molecule has 0 saturated carbocycles. The minimum absolute atomic E-state index is 0.0191. The Kier molecular flexibility index (Phi) is 5.91. The average Bonchev–Trinajstić information content (AvgIpc) is 2.92. The lowest BCUT2D eigenvalue weighted by Gasteiger charge is -2.17. The van der Waals surface area contributed by atoms with Crippen molar-refractivity contribution in [1.82, 2.24) is 14.9 Å². The highest BCUT2D eigenvalue weighted by Gasteiger charge is 2.17. The van der Waals surface area contributed by atoms with Crippen LogP contribution in [0.3, 0.4) is 0 Å². The Morgan fingerprint density at radius 2 is 2.10 bits per heavy atom. The third kappa shape index (κ3) is 3.99. The van der Waals surface area contributed by atoms with Crippen LogP contribution in [0, 0.1) is 0 Å². The summed E-state index contributed by atoms with van der Waals surface area (Å²) >= 11 is 1.75. The van der Waals surface area contributed by atoms with Crippen LogP contribution in [0.25, 0.3) is 0 Å². The van der Waals surface area contributed by atoms with Crippen LogP contribution in [-0.2, 0) is 11.5 Å². The maximum atomic E-state index is 11.8. The number of unbranched alkanes of at least 4 members (excludes halogenated alkanes) is 1. The molecule has 2 N–H and O–H groups in total. The third-order valence-corrected chi connectivity index (χ3v) is 4.64. The largest absolute Gasteiger partial charge is 0.356 e. The van der Waals surface area contributed by atoms with E-state index in [0.29, 0.717) is 5.95 Å². The van der Waals surface area contributed by atoms with E-state index in [0.717, 1.165) is 55.4 Å². The van der Waals surface area contributed by atoms with Crippen molar-refractivity contribution in [2.24, 2.45) is 0 Å². The molecule has 0 unspecified atom stereocenters. The Balaban J connectivity index is 1.75. The highest BCUT2D eigenvalue weighted by Crippen LogP contribution is 2.25. The molecule has 1 aliphatic rings. The van der Waals surface area contributed by atoms with Gasteiger partial charge in [-0.15, -0.1) is 0 Å². The molecule has 0 fully saturated rings. The maximum Gasteiger partial charge on any atom is 0.256 e. The molecule has 1 aromatic rings. The molecule has 20 heavy (non-hydrogen) atoms. The molecule has 0 radical (unpaired) electrons. The molecule has 0 aliphatic carbocycles. The second-order valence-electron chi connectivity index (χ2n) is 4.99. The van der Waals surface area contributed by atoms with E-state index >= 15 is 0 Å². The van der Waals surface area contributed by atoms with Gasteiger partial charge in [0.1, 0.15) is 0 Å². The van der Waals surface area contributed by atoms with E-state index in [1.54, 1.807) is 11.8 Å². The normalized spacial score (nSPS) is 13.8. The molecule has 1 aromatic heterocycles. The number of rotatable bonds is 8. The van der Waals surface area contributed by atoms with Crippen LogP contribution in [-0.4, -0.2) is 41.0 Å². The van der Waals surface area contributed by atoms with Crippen molar-refractivity contribution in [2.75, 3.05) is 31.5 Å². The van der Waals surface area contributed by atoms with Gasteiger partial charge in [0.2, 0.25) is 5.95 Å². The molecular weight excluding hydrogens is 272 g/mol. The van der Waals surface area contributed by atoms with Crippen molar-refractivity contribution in [1.29, 1.82) is 0 Å². The second kappa shape index (κ2) is 7.69. The van der Waals surface area contributed by atoms with Crippen molar-refractivity contribution in [2.45, 2.75) is 38.2 Å². The summed E-state index contributed by atoms with van der Waals surface area (Å²) < 4.78 is 0. The standard InChI is InChI=1S/C14H24N4OS/c1-3-18(4-2)8-6-5-7-15-14-16-12-10-20-9-11(12)13(19)17-14/h3-10H2,1-2H3,(H2,15,16,17,19). The number of anilines is 1. The molecule has 1 aliphatic heterocycles. The minimum Gasteiger partial charge on any atom is -0.356 e. The lowest BCUT2D eigenvalue weighted by atomic mass is 10.3. The van der Waals surface area contributed by atoms with Gasteiger partial charge in [0, 0.05) is 23.6 Å². The molecule has 2 rings (SSSR count). The van der Waals surface area contributed by atoms with Crippen molar-refractivity contribution in [3.05, 3.63) is 21.6 Å². The fourth-order valence-electron chi connectivity index (χ4n) is 2.35. The van der Waals surface area contributed by atoms with Crippen molar-refractivity contribution < 1.29 is 0 Å². The highest BCUT2D eigenvalue weighted by molar-refractivity contribution is 7.98. The van der Waals surface area contributed by atoms with E-state index < -0.39 is 0 Å². The zero-order chi connectivity index (χ0) is 14.4. The summed E-state index contributed by atoms with van der Waals surface area (Å²) in [6, 6.07) is 0. The van der Waals surface area contributed by atoms with Gasteiger partial charge in [-0.05, 0) is 32.5 Å². The molecule has 6 heteroatoms. The number of nitrogens with one attached hydrogen (secondary N) is 2. The first-order valence-electron chi connectivity index (χ1n) is 7.40. The fourth-order valence-corrected chi connectivity index (χ4v) is 3.39. The Hall–Kier alpha value is -1.01. The fraction of sp³-hybridized carbons (Fsp3) is 0.714. The summed E-state index contributed by atoms with van der Waals surface area (Å²) in [6.45, 7) is 8.61. The summed E-state index contributed by atoms with van der Waals surface area (Å²) in [5.74, 6) is 2.27. The smallest absolute Gasteiger partial charge is 0.256 e. The molecule has 5 nitrogen and oxygen atoms in total. The van der Waals surface area contributed by atoms with Gasteiger partial charge in [-0.25, -0.2) is 4.98 Å². The van der Waals surface area contributed by atoms with Gasteiger partial charge in [-0.3, -0.25) is 9.78 Å². The van der Waals surface area contributed by atoms with E-state index in [4.69, 9.17) is 0 Å². The average molecular weight is 296 g/mol. The first-order valence-corrected chi connectivity index (χ1v) is 8.56. The molecule has 0 bridgehead atoms. The lowest BCUT2D eigenvalue weighted by molar-refractivity contribution is 0.298. The quantitative estimate of drug-likeness (QED) is 0.719. The molecular formula is C14H24N4OS. The van der Waals surface area contributed by atoms with Crippen molar-refractivity contribution >= 4 is 17.7 Å². The predicted molar refractivity (Wildman–Crippen MR) is 85.4 cm³/mol. The number of nitrogens with zero attached hydrogens (tertiary/aromatic N) is 2. The maximum absolute atomic E-state index is 11.8. The SMILES string of the molecule is CCN(CC)CCCCNc1nc2c(c(=O)[nH]1)CSC2. The van der Waals surface area contributed by atoms with E-state index in [9.17, 15) is 4.79 Å². The molecule has 0 aromatic carbocycles. The Morgan fingerprint density at radius 1 is 1.30 bits per heavy atom. The molecule has 0 amide bonds. The summed E-state index contributed by atoms with van der Waals surface area (Å²) in [6.07, 6.45) is 2.26. The predicted octanol–water partition coefficient (Wildman–Crippen LogP) is 2.05. The monoisotopic (exact) mass is 296 g/mol. The molecule has 0 spiro atoms. The molecule has 112 valence electrons. The summed E-state index contributed by atoms with van der Waals surface area (Å²) in [5.41, 5.74) is 1.82. The van der Waals surface area contributed by atoms with Crippen LogP contribution in [0.4, 0.5) is 5.95 Å². The number of H-pyrrole nitrogens is 1. The Labute approximate surface area is 124 Å². The van der Waals surface area contributed by atoms with E-state index in [2.05, 4.69) is 34.0 Å².